The molecule has 1 atom stereocenters. The molecule has 0 amide bonds. The van der Waals surface area contributed by atoms with E-state index in [1.165, 1.54) is 231 Å². The zero-order valence-corrected chi connectivity index (χ0v) is 47.1. The minimum atomic E-state index is -0.772. The van der Waals surface area contributed by atoms with Crippen molar-refractivity contribution in [3.8, 4) is 0 Å². The van der Waals surface area contributed by atoms with Crippen LogP contribution in [0, 0.1) is 0 Å². The van der Waals surface area contributed by atoms with Crippen LogP contribution < -0.4 is 0 Å². The van der Waals surface area contributed by atoms with Crippen LogP contribution in [-0.2, 0) is 28.6 Å². The molecule has 410 valence electrons. The first-order valence-corrected chi connectivity index (χ1v) is 31.0. The lowest BCUT2D eigenvalue weighted by Gasteiger charge is -2.18. The Morgan fingerprint density at radius 2 is 0.514 bits per heavy atom. The minimum Gasteiger partial charge on any atom is -0.462 e. The van der Waals surface area contributed by atoms with E-state index in [0.29, 0.717) is 19.3 Å². The summed E-state index contributed by atoms with van der Waals surface area (Å²) in [5.74, 6) is -0.855. The Morgan fingerprint density at radius 3 is 0.829 bits per heavy atom. The van der Waals surface area contributed by atoms with E-state index in [9.17, 15) is 14.4 Å². The molecule has 0 saturated heterocycles. The van der Waals surface area contributed by atoms with E-state index in [-0.39, 0.29) is 31.1 Å². The Kier molecular flexibility index (Phi) is 57.2. The molecule has 0 radical (unpaired) electrons. The van der Waals surface area contributed by atoms with Crippen LogP contribution in [0.15, 0.2) is 36.5 Å². The second-order valence-corrected chi connectivity index (χ2v) is 21.0. The van der Waals surface area contributed by atoms with Gasteiger partial charge in [-0.25, -0.2) is 0 Å². The number of ether oxygens (including phenoxy) is 3. The highest BCUT2D eigenvalue weighted by atomic mass is 16.6. The van der Waals surface area contributed by atoms with E-state index in [0.717, 1.165) is 64.2 Å². The van der Waals surface area contributed by atoms with E-state index >= 15 is 0 Å². The summed E-state index contributed by atoms with van der Waals surface area (Å²) >= 11 is 0. The highest BCUT2D eigenvalue weighted by Gasteiger charge is 2.19. The number of allylic oxidation sites excluding steroid dienone is 6. The van der Waals surface area contributed by atoms with Gasteiger partial charge in [-0.15, -0.1) is 0 Å². The average Bonchev–Trinajstić information content (AvgIpc) is 3.36. The third-order valence-corrected chi connectivity index (χ3v) is 13.9. The number of hydrogen-bond donors (Lipinski definition) is 0. The van der Waals surface area contributed by atoms with Crippen molar-refractivity contribution in [1.82, 2.24) is 0 Å². The van der Waals surface area contributed by atoms with Crippen LogP contribution in [0.5, 0.6) is 0 Å². The maximum Gasteiger partial charge on any atom is 0.306 e. The Bertz CT molecular complexity index is 1170. The summed E-state index contributed by atoms with van der Waals surface area (Å²) in [6, 6.07) is 0. The van der Waals surface area contributed by atoms with Gasteiger partial charge >= 0.3 is 17.9 Å². The molecule has 0 aliphatic carbocycles. The van der Waals surface area contributed by atoms with Gasteiger partial charge in [0.1, 0.15) is 13.2 Å². The predicted molar refractivity (Wildman–Crippen MR) is 302 cm³/mol. The summed E-state index contributed by atoms with van der Waals surface area (Å²) in [5, 5.41) is 0. The molecule has 0 N–H and O–H groups in total. The molecule has 0 aromatic rings. The third-order valence-electron chi connectivity index (χ3n) is 13.9. The van der Waals surface area contributed by atoms with Crippen molar-refractivity contribution < 1.29 is 28.6 Å². The molecule has 0 rings (SSSR count). The normalized spacial score (nSPS) is 12.2. The second kappa shape index (κ2) is 59.2. The van der Waals surface area contributed by atoms with E-state index in [1.54, 1.807) is 0 Å². The molecule has 0 aromatic heterocycles. The summed E-state index contributed by atoms with van der Waals surface area (Å²) < 4.78 is 16.9. The van der Waals surface area contributed by atoms with Gasteiger partial charge in [0.05, 0.1) is 0 Å². The second-order valence-electron chi connectivity index (χ2n) is 21.0. The molecule has 6 nitrogen and oxygen atoms in total. The van der Waals surface area contributed by atoms with Gasteiger partial charge in [0.25, 0.3) is 0 Å². The molecule has 0 aliphatic rings. The van der Waals surface area contributed by atoms with E-state index in [4.69, 9.17) is 14.2 Å². The number of rotatable bonds is 57. The molecule has 0 aliphatic heterocycles. The largest absolute Gasteiger partial charge is 0.462 e. The Hall–Kier alpha value is -2.37. The van der Waals surface area contributed by atoms with Crippen molar-refractivity contribution in [2.75, 3.05) is 13.2 Å². The standard InChI is InChI=1S/C64H118O6/c1-4-7-10-13-16-19-22-25-28-30-32-34-36-39-42-45-48-51-54-57-63(66)69-60-61(59-68-62(65)56-53-50-47-44-41-38-27-24-21-18-15-12-9-6-3)70-64(67)58-55-52-49-46-43-40-37-35-33-31-29-26-23-20-17-14-11-8-5-2/h16,19,25-26,28-29,61H,4-15,17-18,20-24,27,30-60H2,1-3H3/b19-16+,28-25+,29-26+/t61-/m1/s1. The van der Waals surface area contributed by atoms with Crippen LogP contribution in [0.2, 0.25) is 0 Å². The summed E-state index contributed by atoms with van der Waals surface area (Å²) in [6.45, 7) is 6.66. The smallest absolute Gasteiger partial charge is 0.306 e. The number of carbonyl (C=O) groups excluding carboxylic acids is 3. The highest BCUT2D eigenvalue weighted by molar-refractivity contribution is 5.71. The fourth-order valence-electron chi connectivity index (χ4n) is 9.18. The van der Waals surface area contributed by atoms with Crippen LogP contribution in [0.25, 0.3) is 0 Å². The van der Waals surface area contributed by atoms with Crippen LogP contribution >= 0.6 is 0 Å². The fraction of sp³-hybridized carbons (Fsp3) is 0.859. The molecule has 0 spiro atoms. The van der Waals surface area contributed by atoms with Crippen molar-refractivity contribution in [2.24, 2.45) is 0 Å². The first-order chi connectivity index (χ1) is 34.5. The third kappa shape index (κ3) is 56.5. The lowest BCUT2D eigenvalue weighted by atomic mass is 10.0. The summed E-state index contributed by atoms with van der Waals surface area (Å²) in [5.41, 5.74) is 0. The number of carbonyl (C=O) groups is 3. The first kappa shape index (κ1) is 67.6. The zero-order chi connectivity index (χ0) is 50.7. The molecule has 6 heteroatoms. The van der Waals surface area contributed by atoms with Gasteiger partial charge in [0.15, 0.2) is 6.10 Å². The van der Waals surface area contributed by atoms with Crippen molar-refractivity contribution in [2.45, 2.75) is 341 Å². The Labute approximate surface area is 435 Å². The molecule has 0 unspecified atom stereocenters. The average molecular weight is 984 g/mol. The lowest BCUT2D eigenvalue weighted by Crippen LogP contribution is -2.30. The molecule has 70 heavy (non-hydrogen) atoms. The van der Waals surface area contributed by atoms with Crippen molar-refractivity contribution in [1.29, 1.82) is 0 Å². The van der Waals surface area contributed by atoms with Gasteiger partial charge in [-0.3, -0.25) is 14.4 Å². The monoisotopic (exact) mass is 983 g/mol. The number of unbranched alkanes of at least 4 members (excludes halogenated alkanes) is 40. The highest BCUT2D eigenvalue weighted by Crippen LogP contribution is 2.17. The van der Waals surface area contributed by atoms with E-state index in [1.807, 2.05) is 0 Å². The van der Waals surface area contributed by atoms with Gasteiger partial charge in [-0.1, -0.05) is 276 Å². The SMILES string of the molecule is CCCCC/C=C/C/C=C/CCCCCCCCCCCC(=O)OC[C@@H](COC(=O)CCCCCCCCCCCCCCCC)OC(=O)CCCCCCCCCCC/C=C/CCCCCCCC. The molecule has 0 bridgehead atoms. The maximum atomic E-state index is 12.9. The van der Waals surface area contributed by atoms with Gasteiger partial charge in [-0.05, 0) is 77.0 Å². The first-order valence-electron chi connectivity index (χ1n) is 31.0. The summed E-state index contributed by atoms with van der Waals surface area (Å²) in [6.07, 6.45) is 71.3. The van der Waals surface area contributed by atoms with Gasteiger partial charge in [0, 0.05) is 19.3 Å². The van der Waals surface area contributed by atoms with Crippen molar-refractivity contribution >= 4 is 17.9 Å². The van der Waals surface area contributed by atoms with Gasteiger partial charge in [0.2, 0.25) is 0 Å². The van der Waals surface area contributed by atoms with Crippen LogP contribution in [0.1, 0.15) is 335 Å². The maximum absolute atomic E-state index is 12.9. The summed E-state index contributed by atoms with van der Waals surface area (Å²) in [4.78, 5) is 38.3. The molecule has 0 saturated carbocycles. The lowest BCUT2D eigenvalue weighted by molar-refractivity contribution is -0.167. The predicted octanol–water partition coefficient (Wildman–Crippen LogP) is 20.8. The van der Waals surface area contributed by atoms with Gasteiger partial charge in [-0.2, -0.15) is 0 Å². The fourth-order valence-corrected chi connectivity index (χ4v) is 9.18. The van der Waals surface area contributed by atoms with Crippen molar-refractivity contribution in [3.63, 3.8) is 0 Å². The topological polar surface area (TPSA) is 78.9 Å². The van der Waals surface area contributed by atoms with Crippen LogP contribution in [0.3, 0.4) is 0 Å². The van der Waals surface area contributed by atoms with Crippen LogP contribution in [0.4, 0.5) is 0 Å². The Balaban J connectivity index is 4.33. The molecule has 0 aromatic carbocycles. The number of hydrogen-bond acceptors (Lipinski definition) is 6. The molecular formula is C64H118O6. The van der Waals surface area contributed by atoms with E-state index in [2.05, 4.69) is 57.2 Å². The molecule has 0 heterocycles. The van der Waals surface area contributed by atoms with E-state index < -0.39 is 6.10 Å². The zero-order valence-electron chi connectivity index (χ0n) is 47.1. The quantitative estimate of drug-likeness (QED) is 0.0261. The summed E-state index contributed by atoms with van der Waals surface area (Å²) in [7, 11) is 0. The van der Waals surface area contributed by atoms with Crippen molar-refractivity contribution in [3.05, 3.63) is 36.5 Å². The van der Waals surface area contributed by atoms with Crippen LogP contribution in [-0.4, -0.2) is 37.2 Å². The molecule has 0 fully saturated rings. The molecular weight excluding hydrogens is 865 g/mol. The number of esters is 3. The Morgan fingerprint density at radius 1 is 0.286 bits per heavy atom. The minimum absolute atomic E-state index is 0.0700. The van der Waals surface area contributed by atoms with Gasteiger partial charge < -0.3 is 14.2 Å².